The fraction of sp³-hybridized carbons (Fsp3) is 0.579. The summed E-state index contributed by atoms with van der Waals surface area (Å²) in [6.07, 6.45) is -3.83. The van der Waals surface area contributed by atoms with Crippen molar-refractivity contribution in [3.05, 3.63) is 35.9 Å². The highest BCUT2D eigenvalue weighted by Crippen LogP contribution is 2.09. The van der Waals surface area contributed by atoms with Crippen molar-refractivity contribution in [1.82, 2.24) is 42.5 Å². The van der Waals surface area contributed by atoms with E-state index in [0.717, 1.165) is 6.92 Å². The number of benzene rings is 1. The zero-order chi connectivity index (χ0) is 47.2. The molecule has 1 aliphatic rings. The van der Waals surface area contributed by atoms with Crippen molar-refractivity contribution in [2.24, 2.45) is 11.5 Å². The van der Waals surface area contributed by atoms with Gasteiger partial charge in [-0.2, -0.15) is 0 Å². The molecule has 1 aromatic carbocycles. The number of carboxylic acids is 1. The summed E-state index contributed by atoms with van der Waals surface area (Å²) in [6.45, 7) is -2.02. The number of hydrogen-bond acceptors (Lipinski definition) is 15. The molecule has 1 heterocycles. The minimum Gasteiger partial charge on any atom is -0.481 e. The molecule has 63 heavy (non-hydrogen) atoms. The Hall–Kier alpha value is -6.28. The monoisotopic (exact) mass is 894 g/mol. The number of nitrogens with one attached hydrogen (secondary N) is 8. The Balaban J connectivity index is 2.71. The van der Waals surface area contributed by atoms with Crippen molar-refractivity contribution >= 4 is 59.1 Å². The third kappa shape index (κ3) is 17.9. The average Bonchev–Trinajstić information content (AvgIpc) is 3.24. The Morgan fingerprint density at radius 3 is 1.37 bits per heavy atom. The fourth-order valence-corrected chi connectivity index (χ4v) is 6.05. The largest absolute Gasteiger partial charge is 0.481 e. The van der Waals surface area contributed by atoms with Gasteiger partial charge in [0.2, 0.25) is 53.2 Å². The van der Waals surface area contributed by atoms with Crippen LogP contribution in [0.1, 0.15) is 57.4 Å². The zero-order valence-electron chi connectivity index (χ0n) is 34.5. The van der Waals surface area contributed by atoms with Gasteiger partial charge in [-0.25, -0.2) is 0 Å². The van der Waals surface area contributed by atoms with Gasteiger partial charge in [-0.15, -0.1) is 0 Å². The number of primary amides is 1. The van der Waals surface area contributed by atoms with E-state index in [1.807, 2.05) is 0 Å². The van der Waals surface area contributed by atoms with E-state index in [1.54, 1.807) is 30.3 Å². The van der Waals surface area contributed by atoms with Crippen molar-refractivity contribution in [3.63, 3.8) is 0 Å². The Morgan fingerprint density at radius 1 is 0.556 bits per heavy atom. The van der Waals surface area contributed by atoms with Gasteiger partial charge in [-0.1, -0.05) is 30.3 Å². The predicted octanol–water partition coefficient (Wildman–Crippen LogP) is -7.26. The maximum absolute atomic E-state index is 13.9. The summed E-state index contributed by atoms with van der Waals surface area (Å²) in [6, 6.07) is -5.81. The number of carbonyl (C=O) groups is 10. The van der Waals surface area contributed by atoms with E-state index < -0.39 is 159 Å². The van der Waals surface area contributed by atoms with Crippen LogP contribution < -0.4 is 54.0 Å². The summed E-state index contributed by atoms with van der Waals surface area (Å²) in [5.74, 6) is -11.6. The van der Waals surface area contributed by atoms with Crippen LogP contribution >= 0.6 is 0 Å². The molecule has 17 N–H and O–H groups in total. The molecule has 0 aliphatic carbocycles. The first-order chi connectivity index (χ1) is 29.8. The summed E-state index contributed by atoms with van der Waals surface area (Å²) in [4.78, 5) is 132. The minimum absolute atomic E-state index is 0.110. The summed E-state index contributed by atoms with van der Waals surface area (Å²) in [5.41, 5.74) is 11.4. The molecule has 5 unspecified atom stereocenters. The Labute approximate surface area is 361 Å². The average molecular weight is 895 g/mol. The molecule has 350 valence electrons. The van der Waals surface area contributed by atoms with Gasteiger partial charge in [0.1, 0.15) is 48.3 Å². The van der Waals surface area contributed by atoms with Crippen LogP contribution in [-0.4, -0.2) is 165 Å². The zero-order valence-corrected chi connectivity index (χ0v) is 34.5. The van der Waals surface area contributed by atoms with E-state index in [1.165, 1.54) is 0 Å². The third-order valence-electron chi connectivity index (χ3n) is 9.60. The number of aliphatic carboxylic acids is 1. The molecule has 0 bridgehead atoms. The summed E-state index contributed by atoms with van der Waals surface area (Å²) >= 11 is 0. The lowest BCUT2D eigenvalue weighted by atomic mass is 10.0. The molecule has 0 saturated carbocycles. The smallest absolute Gasteiger partial charge is 0.303 e. The highest BCUT2D eigenvalue weighted by molar-refractivity contribution is 5.99. The fourth-order valence-electron chi connectivity index (χ4n) is 6.05. The first-order valence-electron chi connectivity index (χ1n) is 20.0. The number of amides is 9. The van der Waals surface area contributed by atoms with E-state index in [2.05, 4.69) is 42.5 Å². The number of rotatable bonds is 16. The normalized spacial score (nSPS) is 25.6. The third-order valence-corrected chi connectivity index (χ3v) is 9.60. The van der Waals surface area contributed by atoms with Gasteiger partial charge in [0, 0.05) is 19.3 Å². The second kappa shape index (κ2) is 26.9. The molecular formula is C38H58N10O15. The molecule has 1 aromatic rings. The highest BCUT2D eigenvalue weighted by atomic mass is 16.4. The summed E-state index contributed by atoms with van der Waals surface area (Å²) in [5, 5.41) is 68.3. The first kappa shape index (κ1) is 52.9. The SMILES string of the molecule is C[C@@H](O)[C@@H]1NC(=O)C(CCC(=O)O)NC(=O)C(CO)NC(=O)C(CCC(N)=O)NC(=O)[C@H](Cc2ccccc2)NC(=O)C(CO)NC(=O)[C@H](CCCCN)NC(=O)C(CO)NC1=O. The molecule has 1 fully saturated rings. The van der Waals surface area contributed by atoms with Crippen LogP contribution in [0.3, 0.4) is 0 Å². The lowest BCUT2D eigenvalue weighted by Gasteiger charge is -2.29. The number of carbonyl (C=O) groups excluding carboxylic acids is 9. The lowest BCUT2D eigenvalue weighted by Crippen LogP contribution is -2.63. The number of hydrogen-bond donors (Lipinski definition) is 15. The van der Waals surface area contributed by atoms with Crippen LogP contribution in [-0.2, 0) is 54.4 Å². The van der Waals surface area contributed by atoms with Crippen LogP contribution in [0.4, 0.5) is 0 Å². The molecule has 9 amide bonds. The standard InChI is InChI=1S/C38H58N10O15/c1-19(52)30-38(63)47-27(18-51)36(61)41-21(9-5-6-14-39)31(56)45-26(17-50)37(62)44-24(15-20-7-3-2-4-8-20)34(59)42-22(10-12-28(40)53)32(57)46-25(16-49)35(60)43-23(33(58)48-30)11-13-29(54)55/h2-4,7-8,19,21-27,30,49-52H,5-6,9-18,39H2,1H3,(H2,40,53)(H,41,61)(H,42,59)(H,43,60)(H,44,62)(H,45,56)(H,46,57)(H,47,63)(H,48,58)(H,54,55)/t19-,21+,22?,23?,24+,25?,26?,27?,30+/m1/s1. The first-order valence-corrected chi connectivity index (χ1v) is 20.0. The van der Waals surface area contributed by atoms with Gasteiger partial charge in [0.25, 0.3) is 0 Å². The van der Waals surface area contributed by atoms with Gasteiger partial charge in [0.05, 0.1) is 25.9 Å². The van der Waals surface area contributed by atoms with Crippen LogP contribution in [0.15, 0.2) is 30.3 Å². The Morgan fingerprint density at radius 2 is 0.937 bits per heavy atom. The molecule has 25 nitrogen and oxygen atoms in total. The number of nitrogens with two attached hydrogens (primary N) is 2. The topological polar surface area (TPSA) is 420 Å². The molecular weight excluding hydrogens is 836 g/mol. The van der Waals surface area contributed by atoms with E-state index in [0.29, 0.717) is 12.0 Å². The maximum atomic E-state index is 13.9. The maximum Gasteiger partial charge on any atom is 0.303 e. The van der Waals surface area contributed by atoms with E-state index in [-0.39, 0.29) is 25.8 Å². The predicted molar refractivity (Wildman–Crippen MR) is 217 cm³/mol. The van der Waals surface area contributed by atoms with Crippen molar-refractivity contribution in [3.8, 4) is 0 Å². The number of aliphatic hydroxyl groups is 4. The molecule has 0 aromatic heterocycles. The Kier molecular flexibility index (Phi) is 22.6. The lowest BCUT2D eigenvalue weighted by molar-refractivity contribution is -0.139. The van der Waals surface area contributed by atoms with Crippen LogP contribution in [0.25, 0.3) is 0 Å². The second-order valence-electron chi connectivity index (χ2n) is 14.6. The molecule has 9 atom stereocenters. The summed E-state index contributed by atoms with van der Waals surface area (Å²) in [7, 11) is 0. The highest BCUT2D eigenvalue weighted by Gasteiger charge is 2.37. The van der Waals surface area contributed by atoms with Gasteiger partial charge in [-0.05, 0) is 51.1 Å². The minimum atomic E-state index is -1.92. The van der Waals surface area contributed by atoms with Gasteiger partial charge in [0.15, 0.2) is 0 Å². The van der Waals surface area contributed by atoms with Crippen LogP contribution in [0.5, 0.6) is 0 Å². The van der Waals surface area contributed by atoms with Crippen LogP contribution in [0, 0.1) is 0 Å². The molecule has 2 rings (SSSR count). The molecule has 1 aliphatic heterocycles. The van der Waals surface area contributed by atoms with Crippen molar-refractivity contribution in [2.45, 2.75) is 113 Å². The van der Waals surface area contributed by atoms with Gasteiger partial charge < -0.3 is 79.5 Å². The van der Waals surface area contributed by atoms with E-state index in [4.69, 9.17) is 11.5 Å². The van der Waals surface area contributed by atoms with E-state index in [9.17, 15) is 73.5 Å². The second-order valence-corrected chi connectivity index (χ2v) is 14.6. The number of unbranched alkanes of at least 4 members (excludes halogenated alkanes) is 1. The van der Waals surface area contributed by atoms with Crippen molar-refractivity contribution in [2.75, 3.05) is 26.4 Å². The Bertz CT molecular complexity index is 1770. The van der Waals surface area contributed by atoms with E-state index >= 15 is 0 Å². The van der Waals surface area contributed by atoms with Gasteiger partial charge >= 0.3 is 5.97 Å². The molecule has 0 spiro atoms. The summed E-state index contributed by atoms with van der Waals surface area (Å²) < 4.78 is 0. The quantitative estimate of drug-likeness (QED) is 0.0686. The molecule has 0 radical (unpaired) electrons. The van der Waals surface area contributed by atoms with Crippen molar-refractivity contribution < 1.29 is 73.5 Å². The van der Waals surface area contributed by atoms with Gasteiger partial charge in [-0.3, -0.25) is 47.9 Å². The number of aliphatic hydroxyl groups excluding tert-OH is 4. The number of carboxylic acid groups (broad SMARTS) is 1. The van der Waals surface area contributed by atoms with Crippen LogP contribution in [0.2, 0.25) is 0 Å². The molecule has 1 saturated heterocycles. The molecule has 25 heteroatoms. The van der Waals surface area contributed by atoms with Crippen molar-refractivity contribution in [1.29, 1.82) is 0 Å².